The van der Waals surface area contributed by atoms with Gasteiger partial charge in [0.2, 0.25) is 0 Å². The van der Waals surface area contributed by atoms with E-state index in [1.54, 1.807) is 18.7 Å². The summed E-state index contributed by atoms with van der Waals surface area (Å²) in [5.74, 6) is 0.289. The Bertz CT molecular complexity index is 543. The normalized spacial score (nSPS) is 16.4. The number of thioether (sulfide) groups is 1. The average molecular weight is 296 g/mol. The van der Waals surface area contributed by atoms with E-state index in [4.69, 9.17) is 14.2 Å². The predicted molar refractivity (Wildman–Crippen MR) is 74.5 cm³/mol. The molecule has 0 spiro atoms. The van der Waals surface area contributed by atoms with E-state index in [1.807, 2.05) is 13.8 Å². The molecule has 1 aliphatic heterocycles. The molecule has 0 aliphatic carbocycles. The van der Waals surface area contributed by atoms with Crippen molar-refractivity contribution in [2.45, 2.75) is 45.0 Å². The first-order valence-electron chi connectivity index (χ1n) is 6.18. The van der Waals surface area contributed by atoms with Crippen molar-refractivity contribution in [3.8, 4) is 17.2 Å². The first-order chi connectivity index (χ1) is 9.31. The maximum absolute atomic E-state index is 11.3. The van der Waals surface area contributed by atoms with Gasteiger partial charge in [-0.2, -0.15) is 0 Å². The van der Waals surface area contributed by atoms with Gasteiger partial charge in [-0.3, -0.25) is 9.59 Å². The van der Waals surface area contributed by atoms with Gasteiger partial charge in [-0.15, -0.1) is 0 Å². The lowest BCUT2D eigenvalue weighted by atomic mass is 10.1. The topological polar surface area (TPSA) is 61.8 Å². The van der Waals surface area contributed by atoms with E-state index in [2.05, 4.69) is 0 Å². The molecule has 6 heteroatoms. The number of esters is 2. The van der Waals surface area contributed by atoms with Crippen LogP contribution in [0.3, 0.4) is 0 Å². The molecular formula is C14H16O5S. The molecule has 0 amide bonds. The summed E-state index contributed by atoms with van der Waals surface area (Å²) < 4.78 is 16.2. The van der Waals surface area contributed by atoms with Gasteiger partial charge in [0.25, 0.3) is 0 Å². The molecule has 1 aliphatic rings. The molecule has 0 aromatic heterocycles. The fourth-order valence-corrected chi connectivity index (χ4v) is 3.11. The van der Waals surface area contributed by atoms with Crippen LogP contribution in [0.1, 0.15) is 31.9 Å². The number of rotatable bonds is 2. The monoisotopic (exact) mass is 296 g/mol. The number of fused-ring (bicyclic) bond motifs is 1. The minimum atomic E-state index is -0.473. The van der Waals surface area contributed by atoms with Gasteiger partial charge in [0, 0.05) is 25.0 Å². The largest absolute Gasteiger partial charge is 0.478 e. The van der Waals surface area contributed by atoms with Gasteiger partial charge >= 0.3 is 11.9 Å². The summed E-state index contributed by atoms with van der Waals surface area (Å²) in [4.78, 5) is 23.5. The third kappa shape index (κ3) is 2.60. The van der Waals surface area contributed by atoms with Crippen molar-refractivity contribution in [3.63, 3.8) is 0 Å². The van der Waals surface area contributed by atoms with Gasteiger partial charge in [-0.1, -0.05) is 11.8 Å². The molecule has 0 fully saturated rings. The van der Waals surface area contributed by atoms with Crippen molar-refractivity contribution >= 4 is 23.7 Å². The Morgan fingerprint density at radius 3 is 2.05 bits per heavy atom. The third-order valence-electron chi connectivity index (χ3n) is 2.83. The lowest BCUT2D eigenvalue weighted by Crippen LogP contribution is -2.10. The highest BCUT2D eigenvalue weighted by molar-refractivity contribution is 8.00. The van der Waals surface area contributed by atoms with E-state index >= 15 is 0 Å². The van der Waals surface area contributed by atoms with E-state index in [1.165, 1.54) is 13.8 Å². The number of hydrogen-bond acceptors (Lipinski definition) is 6. The fourth-order valence-electron chi connectivity index (χ4n) is 2.06. The molecule has 0 N–H and O–H groups in total. The zero-order valence-electron chi connectivity index (χ0n) is 12.0. The molecule has 0 radical (unpaired) electrons. The van der Waals surface area contributed by atoms with Crippen LogP contribution in [0.2, 0.25) is 0 Å². The second-order valence-corrected chi connectivity index (χ2v) is 5.86. The molecule has 1 heterocycles. The van der Waals surface area contributed by atoms with Crippen molar-refractivity contribution in [1.82, 2.24) is 0 Å². The van der Waals surface area contributed by atoms with E-state index < -0.39 is 11.9 Å². The molecule has 5 nitrogen and oxygen atoms in total. The second kappa shape index (κ2) is 5.36. The minimum Gasteiger partial charge on any atom is -0.478 e. The molecule has 1 aromatic rings. The smallest absolute Gasteiger partial charge is 0.308 e. The molecule has 1 unspecified atom stereocenters. The van der Waals surface area contributed by atoms with Crippen LogP contribution >= 0.6 is 11.8 Å². The summed E-state index contributed by atoms with van der Waals surface area (Å²) in [5, 5.41) is 0. The summed E-state index contributed by atoms with van der Waals surface area (Å²) in [5.41, 5.74) is 1.38. The van der Waals surface area contributed by atoms with Gasteiger partial charge in [-0.05, 0) is 20.8 Å². The van der Waals surface area contributed by atoms with Gasteiger partial charge in [0.1, 0.15) is 11.2 Å². The third-order valence-corrected chi connectivity index (χ3v) is 3.99. The molecule has 1 atom stereocenters. The Labute approximate surface area is 121 Å². The maximum atomic E-state index is 11.3. The zero-order valence-corrected chi connectivity index (χ0v) is 12.8. The van der Waals surface area contributed by atoms with E-state index in [9.17, 15) is 9.59 Å². The van der Waals surface area contributed by atoms with Crippen LogP contribution in [0.25, 0.3) is 0 Å². The van der Waals surface area contributed by atoms with Crippen molar-refractivity contribution in [2.75, 3.05) is 0 Å². The highest BCUT2D eigenvalue weighted by atomic mass is 32.2. The standard InChI is InChI=1S/C14H16O5S/c1-6-11(17-8(3)15)12(18-9(4)16)7(2)14-13(6)19-10(5)20-14/h10H,1-5H3. The van der Waals surface area contributed by atoms with E-state index in [0.29, 0.717) is 11.3 Å². The highest BCUT2D eigenvalue weighted by Crippen LogP contribution is 2.52. The van der Waals surface area contributed by atoms with Crippen LogP contribution < -0.4 is 14.2 Å². The lowest BCUT2D eigenvalue weighted by molar-refractivity contribution is -0.134. The number of carbonyl (C=O) groups is 2. The van der Waals surface area contributed by atoms with Crippen LogP contribution in [-0.2, 0) is 9.59 Å². The summed E-state index contributed by atoms with van der Waals surface area (Å²) in [6.45, 7) is 8.14. The van der Waals surface area contributed by atoms with Gasteiger partial charge < -0.3 is 14.2 Å². The SMILES string of the molecule is CC(=O)Oc1c(C)c2c(c(C)c1OC(C)=O)SC(C)O2. The fraction of sp³-hybridized carbons (Fsp3) is 0.429. The molecular weight excluding hydrogens is 280 g/mol. The number of carbonyl (C=O) groups excluding carboxylic acids is 2. The summed E-state index contributed by atoms with van der Waals surface area (Å²) >= 11 is 1.55. The Kier molecular flexibility index (Phi) is 3.94. The quantitative estimate of drug-likeness (QED) is 0.617. The minimum absolute atomic E-state index is 0.0276. The predicted octanol–water partition coefficient (Wildman–Crippen LogP) is 2.98. The van der Waals surface area contributed by atoms with Gasteiger partial charge in [0.15, 0.2) is 11.5 Å². The molecule has 0 saturated heterocycles. The van der Waals surface area contributed by atoms with Gasteiger partial charge in [0.05, 0.1) is 4.90 Å². The molecule has 108 valence electrons. The van der Waals surface area contributed by atoms with Crippen molar-refractivity contribution in [3.05, 3.63) is 11.1 Å². The zero-order chi connectivity index (χ0) is 15.0. The molecule has 0 bridgehead atoms. The Morgan fingerprint density at radius 1 is 1.05 bits per heavy atom. The average Bonchev–Trinajstić information content (AvgIpc) is 2.72. The molecule has 2 rings (SSSR count). The number of hydrogen-bond donors (Lipinski definition) is 0. The van der Waals surface area contributed by atoms with Crippen LogP contribution in [0, 0.1) is 13.8 Å². The van der Waals surface area contributed by atoms with Crippen LogP contribution in [0.5, 0.6) is 17.2 Å². The van der Waals surface area contributed by atoms with Crippen molar-refractivity contribution in [1.29, 1.82) is 0 Å². The maximum Gasteiger partial charge on any atom is 0.308 e. The van der Waals surface area contributed by atoms with Crippen LogP contribution in [-0.4, -0.2) is 17.4 Å². The first-order valence-corrected chi connectivity index (χ1v) is 7.06. The highest BCUT2D eigenvalue weighted by Gasteiger charge is 2.31. The Morgan fingerprint density at radius 2 is 1.55 bits per heavy atom. The summed E-state index contributed by atoms with van der Waals surface area (Å²) in [6, 6.07) is 0. The Balaban J connectivity index is 2.64. The second-order valence-electron chi connectivity index (χ2n) is 4.56. The van der Waals surface area contributed by atoms with Crippen LogP contribution in [0.4, 0.5) is 0 Å². The molecule has 1 aromatic carbocycles. The number of benzene rings is 1. The van der Waals surface area contributed by atoms with E-state index in [-0.39, 0.29) is 16.9 Å². The lowest BCUT2D eigenvalue weighted by Gasteiger charge is -2.16. The number of ether oxygens (including phenoxy) is 3. The van der Waals surface area contributed by atoms with Crippen molar-refractivity contribution < 1.29 is 23.8 Å². The molecule has 20 heavy (non-hydrogen) atoms. The van der Waals surface area contributed by atoms with Gasteiger partial charge in [-0.25, -0.2) is 0 Å². The first kappa shape index (κ1) is 14.7. The van der Waals surface area contributed by atoms with Crippen LogP contribution in [0.15, 0.2) is 4.90 Å². The summed E-state index contributed by atoms with van der Waals surface area (Å²) in [7, 11) is 0. The molecule has 0 saturated carbocycles. The van der Waals surface area contributed by atoms with E-state index in [0.717, 1.165) is 10.5 Å². The summed E-state index contributed by atoms with van der Waals surface area (Å²) in [6.07, 6.45) is 0. The van der Waals surface area contributed by atoms with Crippen molar-refractivity contribution in [2.24, 2.45) is 0 Å². The Hall–Kier alpha value is -1.69.